The Bertz CT molecular complexity index is 560. The van der Waals surface area contributed by atoms with Crippen molar-refractivity contribution in [3.63, 3.8) is 0 Å². The minimum absolute atomic E-state index is 0.677. The third kappa shape index (κ3) is 9.98. The van der Waals surface area contributed by atoms with Crippen LogP contribution in [0.25, 0.3) is 0 Å². The molecule has 0 saturated heterocycles. The summed E-state index contributed by atoms with van der Waals surface area (Å²) in [4.78, 5) is 0. The third-order valence-electron chi connectivity index (χ3n) is 7.15. The second-order valence-corrected chi connectivity index (χ2v) is 10.8. The first-order valence-corrected chi connectivity index (χ1v) is 12.9. The van der Waals surface area contributed by atoms with Crippen molar-refractivity contribution in [3.8, 4) is 0 Å². The molecule has 2 unspecified atom stereocenters. The fourth-order valence-corrected chi connectivity index (χ4v) is 4.61. The zero-order chi connectivity index (χ0) is 22.7. The van der Waals surface area contributed by atoms with E-state index in [9.17, 15) is 0 Å². The second kappa shape index (κ2) is 14.3. The Morgan fingerprint density at radius 2 is 1.37 bits per heavy atom. The zero-order valence-corrected chi connectivity index (χ0v) is 22.0. The minimum Gasteiger partial charge on any atom is -0.310 e. The lowest BCUT2D eigenvalue weighted by Crippen LogP contribution is -2.35. The van der Waals surface area contributed by atoms with Crippen LogP contribution in [0.3, 0.4) is 0 Å². The number of imidazole rings is 1. The molecule has 1 N–H and O–H groups in total. The molecule has 0 saturated carbocycles. The van der Waals surface area contributed by atoms with Gasteiger partial charge in [0.15, 0.2) is 0 Å². The predicted molar refractivity (Wildman–Crippen MR) is 132 cm³/mol. The van der Waals surface area contributed by atoms with E-state index in [1.165, 1.54) is 75.0 Å². The molecule has 1 heterocycles. The molecule has 2 atom stereocenters. The molecule has 3 nitrogen and oxygen atoms in total. The van der Waals surface area contributed by atoms with Crippen molar-refractivity contribution in [2.75, 3.05) is 6.54 Å². The summed E-state index contributed by atoms with van der Waals surface area (Å²) >= 11 is 0. The van der Waals surface area contributed by atoms with E-state index in [0.717, 1.165) is 30.8 Å². The predicted octanol–water partition coefficient (Wildman–Crippen LogP) is 6.66. The summed E-state index contributed by atoms with van der Waals surface area (Å²) in [6.07, 6.45) is 12.3. The van der Waals surface area contributed by atoms with Crippen molar-refractivity contribution in [1.82, 2.24) is 9.88 Å². The average Bonchev–Trinajstić information content (AvgIpc) is 2.85. The molecule has 0 amide bonds. The van der Waals surface area contributed by atoms with Gasteiger partial charge in [0.1, 0.15) is 17.9 Å². The first-order valence-electron chi connectivity index (χ1n) is 12.9. The van der Waals surface area contributed by atoms with E-state index in [1.807, 2.05) is 0 Å². The summed E-state index contributed by atoms with van der Waals surface area (Å²) in [5, 5.41) is 3.94. The van der Waals surface area contributed by atoms with Crippen molar-refractivity contribution in [1.29, 1.82) is 0 Å². The number of nitrogens with one attached hydrogen (secondary N) is 1. The number of nitrogens with zero attached hydrogens (tertiary/aromatic N) is 2. The fourth-order valence-electron chi connectivity index (χ4n) is 4.61. The van der Waals surface area contributed by atoms with E-state index >= 15 is 0 Å². The molecule has 0 spiro atoms. The summed E-state index contributed by atoms with van der Waals surface area (Å²) < 4.78 is 4.80. The summed E-state index contributed by atoms with van der Waals surface area (Å²) in [7, 11) is 2.18. The molecule has 0 bridgehead atoms. The maximum absolute atomic E-state index is 3.94. The van der Waals surface area contributed by atoms with Crippen molar-refractivity contribution < 1.29 is 4.57 Å². The standard InChI is InChI=1S/C27H54N3/c1-21(2)13-10-11-16-27(18-17-23(5)15-12-14-22(3)4)28-19-20-30-25(7)24(6)29(9)26(30)8/h21-23,27-28H,10-20H2,1-9H3/q+1. The van der Waals surface area contributed by atoms with Gasteiger partial charge < -0.3 is 5.32 Å². The van der Waals surface area contributed by atoms with Crippen LogP contribution in [-0.2, 0) is 13.6 Å². The van der Waals surface area contributed by atoms with Gasteiger partial charge in [-0.2, -0.15) is 0 Å². The maximum Gasteiger partial charge on any atom is 0.253 e. The fraction of sp³-hybridized carbons (Fsp3) is 0.889. The molecule has 1 rings (SSSR count). The van der Waals surface area contributed by atoms with Gasteiger partial charge in [0.2, 0.25) is 0 Å². The van der Waals surface area contributed by atoms with Gasteiger partial charge in [-0.3, -0.25) is 0 Å². The molecule has 0 aromatic carbocycles. The Morgan fingerprint density at radius 3 is 1.93 bits per heavy atom. The Labute approximate surface area is 189 Å². The molecule has 0 fully saturated rings. The first-order chi connectivity index (χ1) is 14.1. The number of unbranched alkanes of at least 4 members (excludes halogenated alkanes) is 1. The molecule has 0 aliphatic rings. The van der Waals surface area contributed by atoms with Gasteiger partial charge in [-0.15, -0.1) is 0 Å². The van der Waals surface area contributed by atoms with E-state index in [0.29, 0.717) is 6.04 Å². The number of hydrogen-bond donors (Lipinski definition) is 1. The highest BCUT2D eigenvalue weighted by molar-refractivity contribution is 5.06. The largest absolute Gasteiger partial charge is 0.310 e. The lowest BCUT2D eigenvalue weighted by molar-refractivity contribution is -0.683. The SMILES string of the molecule is Cc1c(C)[n+](C)c(C)n1CCNC(CCCCC(C)C)CCC(C)CCCC(C)C. The molecule has 1 aromatic heterocycles. The summed E-state index contributed by atoms with van der Waals surface area (Å²) in [6, 6.07) is 0.677. The number of hydrogen-bond acceptors (Lipinski definition) is 1. The number of aromatic nitrogens is 2. The zero-order valence-electron chi connectivity index (χ0n) is 22.0. The van der Waals surface area contributed by atoms with Crippen LogP contribution in [0.15, 0.2) is 0 Å². The Morgan fingerprint density at radius 1 is 0.767 bits per heavy atom. The van der Waals surface area contributed by atoms with Gasteiger partial charge in [0, 0.05) is 33.4 Å². The quantitative estimate of drug-likeness (QED) is 0.234. The van der Waals surface area contributed by atoms with Gasteiger partial charge in [0.25, 0.3) is 5.82 Å². The van der Waals surface area contributed by atoms with Crippen LogP contribution in [-0.4, -0.2) is 17.2 Å². The van der Waals surface area contributed by atoms with Crippen LogP contribution >= 0.6 is 0 Å². The molecule has 30 heavy (non-hydrogen) atoms. The van der Waals surface area contributed by atoms with Crippen LogP contribution < -0.4 is 9.88 Å². The van der Waals surface area contributed by atoms with Crippen LogP contribution in [0, 0.1) is 38.5 Å². The second-order valence-electron chi connectivity index (χ2n) is 10.8. The van der Waals surface area contributed by atoms with E-state index in [2.05, 4.69) is 76.9 Å². The average molecular weight is 421 g/mol. The normalized spacial score (nSPS) is 14.1. The van der Waals surface area contributed by atoms with E-state index in [4.69, 9.17) is 0 Å². The van der Waals surface area contributed by atoms with Gasteiger partial charge in [0.05, 0.1) is 7.05 Å². The highest BCUT2D eigenvalue weighted by Gasteiger charge is 2.19. The molecular formula is C27H54N3+. The molecule has 0 aliphatic heterocycles. The lowest BCUT2D eigenvalue weighted by Gasteiger charge is -2.21. The molecule has 176 valence electrons. The van der Waals surface area contributed by atoms with Crippen molar-refractivity contribution in [3.05, 3.63) is 17.2 Å². The van der Waals surface area contributed by atoms with Gasteiger partial charge in [-0.25, -0.2) is 9.13 Å². The van der Waals surface area contributed by atoms with Crippen LogP contribution in [0.2, 0.25) is 0 Å². The maximum atomic E-state index is 3.94. The molecule has 0 aliphatic carbocycles. The van der Waals surface area contributed by atoms with Crippen molar-refractivity contribution in [2.24, 2.45) is 24.8 Å². The highest BCUT2D eigenvalue weighted by Crippen LogP contribution is 2.20. The van der Waals surface area contributed by atoms with Gasteiger partial charge >= 0.3 is 0 Å². The molecular weight excluding hydrogens is 366 g/mol. The number of rotatable bonds is 16. The highest BCUT2D eigenvalue weighted by atomic mass is 15.2. The van der Waals surface area contributed by atoms with E-state index < -0.39 is 0 Å². The first kappa shape index (κ1) is 27.2. The summed E-state index contributed by atoms with van der Waals surface area (Å²) in [5.74, 6) is 3.90. The summed E-state index contributed by atoms with van der Waals surface area (Å²) in [5.41, 5.74) is 2.79. The molecule has 0 radical (unpaired) electrons. The van der Waals surface area contributed by atoms with Crippen molar-refractivity contribution in [2.45, 2.75) is 126 Å². The molecule has 1 aromatic rings. The Balaban J connectivity index is 2.51. The minimum atomic E-state index is 0.677. The van der Waals surface area contributed by atoms with Gasteiger partial charge in [-0.1, -0.05) is 73.1 Å². The van der Waals surface area contributed by atoms with Gasteiger partial charge in [-0.05, 0) is 37.0 Å². The third-order valence-corrected chi connectivity index (χ3v) is 7.15. The van der Waals surface area contributed by atoms with Crippen LogP contribution in [0.5, 0.6) is 0 Å². The summed E-state index contributed by atoms with van der Waals surface area (Å²) in [6.45, 7) is 20.7. The van der Waals surface area contributed by atoms with E-state index in [-0.39, 0.29) is 0 Å². The van der Waals surface area contributed by atoms with Crippen LogP contribution in [0.1, 0.15) is 110 Å². The topological polar surface area (TPSA) is 20.8 Å². The Hall–Kier alpha value is -0.830. The lowest BCUT2D eigenvalue weighted by atomic mass is 9.92. The monoisotopic (exact) mass is 420 g/mol. The molecule has 3 heteroatoms. The Kier molecular flexibility index (Phi) is 12.9. The van der Waals surface area contributed by atoms with E-state index in [1.54, 1.807) is 0 Å². The smallest absolute Gasteiger partial charge is 0.253 e. The van der Waals surface area contributed by atoms with Crippen LogP contribution in [0.4, 0.5) is 0 Å². The van der Waals surface area contributed by atoms with Crippen molar-refractivity contribution >= 4 is 0 Å².